The number of hydrogen-bond acceptors (Lipinski definition) is 5. The number of carbonyl (C=O) groups is 2. The van der Waals surface area contributed by atoms with Crippen molar-refractivity contribution in [1.82, 2.24) is 5.32 Å². The average Bonchev–Trinajstić information content (AvgIpc) is 2.79. The Morgan fingerprint density at radius 2 is 1.81 bits per heavy atom. The highest BCUT2D eigenvalue weighted by Crippen LogP contribution is 2.45. The van der Waals surface area contributed by atoms with Crippen molar-refractivity contribution in [2.75, 3.05) is 19.0 Å². The number of ether oxygens (including phenoxy) is 2. The van der Waals surface area contributed by atoms with Crippen LogP contribution in [0.4, 0.5) is 5.69 Å². The van der Waals surface area contributed by atoms with E-state index in [1.54, 1.807) is 19.2 Å². The number of methoxy groups -OCH3 is 1. The summed E-state index contributed by atoms with van der Waals surface area (Å²) in [6.07, 6.45) is 2.07. The Hall–Kier alpha value is -3.54. The molecule has 2 aromatic rings. The summed E-state index contributed by atoms with van der Waals surface area (Å²) in [6.45, 7) is 4.30. The number of carbonyl (C=O) groups excluding carboxylic acids is 2. The molecule has 32 heavy (non-hydrogen) atoms. The lowest BCUT2D eigenvalue weighted by atomic mass is 9.74. The Bertz CT molecular complexity index is 1120. The van der Waals surface area contributed by atoms with Crippen LogP contribution in [0.15, 0.2) is 71.1 Å². The van der Waals surface area contributed by atoms with Crippen LogP contribution in [0.25, 0.3) is 0 Å². The van der Waals surface area contributed by atoms with E-state index in [9.17, 15) is 9.59 Å². The van der Waals surface area contributed by atoms with Gasteiger partial charge in [-0.3, -0.25) is 9.59 Å². The lowest BCUT2D eigenvalue weighted by Crippen LogP contribution is -2.35. The van der Waals surface area contributed by atoms with E-state index in [-0.39, 0.29) is 11.7 Å². The Balaban J connectivity index is 1.83. The minimum absolute atomic E-state index is 0.0742. The second kappa shape index (κ2) is 9.30. The molecule has 0 radical (unpaired) electrons. The van der Waals surface area contributed by atoms with E-state index in [4.69, 9.17) is 9.47 Å². The Labute approximate surface area is 188 Å². The summed E-state index contributed by atoms with van der Waals surface area (Å²) < 4.78 is 11.3. The van der Waals surface area contributed by atoms with Crippen LogP contribution < -0.4 is 20.1 Å². The van der Waals surface area contributed by atoms with Gasteiger partial charge in [-0.25, -0.2) is 0 Å². The summed E-state index contributed by atoms with van der Waals surface area (Å²) in [6, 6.07) is 14.9. The average molecular weight is 433 g/mol. The van der Waals surface area contributed by atoms with Gasteiger partial charge in [-0.1, -0.05) is 30.3 Å². The Kier molecular flexibility index (Phi) is 6.30. The van der Waals surface area contributed by atoms with Gasteiger partial charge in [-0.15, -0.1) is 0 Å². The summed E-state index contributed by atoms with van der Waals surface area (Å²) in [7, 11) is 1.57. The molecule has 2 aromatic carbocycles. The Morgan fingerprint density at radius 3 is 2.56 bits per heavy atom. The van der Waals surface area contributed by atoms with Gasteiger partial charge in [-0.05, 0) is 44.9 Å². The van der Waals surface area contributed by atoms with Gasteiger partial charge >= 0.3 is 0 Å². The first kappa shape index (κ1) is 21.7. The zero-order valence-corrected chi connectivity index (χ0v) is 18.7. The van der Waals surface area contributed by atoms with E-state index in [0.717, 1.165) is 29.8 Å². The number of Topliss-reactive ketones (excluding diaryl/α,β-unsaturated/α-hetero) is 1. The molecule has 0 saturated carbocycles. The topological polar surface area (TPSA) is 76.7 Å². The number of amides is 1. The van der Waals surface area contributed by atoms with Crippen LogP contribution in [0, 0.1) is 0 Å². The van der Waals surface area contributed by atoms with E-state index >= 15 is 0 Å². The first-order chi connectivity index (χ1) is 15.5. The van der Waals surface area contributed by atoms with Crippen molar-refractivity contribution in [3.63, 3.8) is 0 Å². The van der Waals surface area contributed by atoms with Gasteiger partial charge in [0, 0.05) is 34.5 Å². The molecule has 0 saturated heterocycles. The molecule has 4 rings (SSSR count). The second-order valence-electron chi connectivity index (χ2n) is 7.89. The SMILES string of the molecule is CCOc1ccccc1[C@H]1C(C(=O)Nc2ccccc2OC)=C(C)NC2=C1C(=O)CCC2. The summed E-state index contributed by atoms with van der Waals surface area (Å²) in [5, 5.41) is 6.34. The van der Waals surface area contributed by atoms with Gasteiger partial charge in [-0.2, -0.15) is 0 Å². The maximum absolute atomic E-state index is 13.6. The van der Waals surface area contributed by atoms with Crippen molar-refractivity contribution in [3.8, 4) is 11.5 Å². The predicted molar refractivity (Wildman–Crippen MR) is 124 cm³/mol. The fraction of sp³-hybridized carbons (Fsp3) is 0.308. The van der Waals surface area contributed by atoms with Crippen LogP contribution in [-0.2, 0) is 9.59 Å². The van der Waals surface area contributed by atoms with Gasteiger partial charge in [0.05, 0.1) is 25.3 Å². The first-order valence-electron chi connectivity index (χ1n) is 10.9. The number of allylic oxidation sites excluding steroid dienone is 3. The lowest BCUT2D eigenvalue weighted by Gasteiger charge is -2.35. The number of rotatable bonds is 6. The van der Waals surface area contributed by atoms with E-state index in [1.165, 1.54) is 0 Å². The highest BCUT2D eigenvalue weighted by Gasteiger charge is 2.39. The number of hydrogen-bond donors (Lipinski definition) is 2. The van der Waals surface area contributed by atoms with Gasteiger partial charge in [0.25, 0.3) is 5.91 Å². The number of para-hydroxylation sites is 3. The quantitative estimate of drug-likeness (QED) is 0.692. The molecular weight excluding hydrogens is 404 g/mol. The van der Waals surface area contributed by atoms with Crippen molar-refractivity contribution in [3.05, 3.63) is 76.6 Å². The normalized spacial score (nSPS) is 18.1. The van der Waals surface area contributed by atoms with E-state index in [0.29, 0.717) is 41.4 Å². The van der Waals surface area contributed by atoms with Crippen molar-refractivity contribution in [2.45, 2.75) is 39.0 Å². The molecule has 1 aliphatic carbocycles. The highest BCUT2D eigenvalue weighted by atomic mass is 16.5. The molecule has 6 heteroatoms. The molecule has 0 spiro atoms. The molecule has 166 valence electrons. The third kappa shape index (κ3) is 4.00. The minimum Gasteiger partial charge on any atom is -0.495 e. The summed E-state index contributed by atoms with van der Waals surface area (Å²) in [5.41, 5.74) is 4.22. The van der Waals surface area contributed by atoms with Crippen molar-refractivity contribution in [2.24, 2.45) is 0 Å². The molecule has 6 nitrogen and oxygen atoms in total. The molecule has 1 aliphatic heterocycles. The molecule has 0 bridgehead atoms. The molecular formula is C26H28N2O4. The van der Waals surface area contributed by atoms with Crippen molar-refractivity contribution >= 4 is 17.4 Å². The van der Waals surface area contributed by atoms with Crippen LogP contribution in [0.2, 0.25) is 0 Å². The number of dihydropyridines is 1. The number of nitrogens with one attached hydrogen (secondary N) is 2. The monoisotopic (exact) mass is 432 g/mol. The van der Waals surface area contributed by atoms with Crippen LogP contribution in [0.1, 0.15) is 44.6 Å². The van der Waals surface area contributed by atoms with Crippen LogP contribution in [0.3, 0.4) is 0 Å². The van der Waals surface area contributed by atoms with E-state index in [2.05, 4.69) is 10.6 Å². The standard InChI is InChI=1S/C26H28N2O4/c1-4-32-21-14-7-5-10-17(21)24-23(16(2)27-19-12-9-13-20(29)25(19)24)26(30)28-18-11-6-8-15-22(18)31-3/h5-8,10-11,14-15,24,27H,4,9,12-13H2,1-3H3,(H,28,30)/t24-/m0/s1. The Morgan fingerprint density at radius 1 is 1.09 bits per heavy atom. The van der Waals surface area contributed by atoms with E-state index < -0.39 is 5.92 Å². The van der Waals surface area contributed by atoms with Gasteiger partial charge in [0.2, 0.25) is 0 Å². The van der Waals surface area contributed by atoms with Gasteiger partial charge in [0.15, 0.2) is 5.78 Å². The van der Waals surface area contributed by atoms with E-state index in [1.807, 2.05) is 50.2 Å². The highest BCUT2D eigenvalue weighted by molar-refractivity contribution is 6.10. The molecule has 1 atom stereocenters. The number of ketones is 1. The second-order valence-corrected chi connectivity index (χ2v) is 7.89. The summed E-state index contributed by atoms with van der Waals surface area (Å²) >= 11 is 0. The maximum atomic E-state index is 13.6. The smallest absolute Gasteiger partial charge is 0.254 e. The molecule has 0 unspecified atom stereocenters. The molecule has 0 aromatic heterocycles. The zero-order chi connectivity index (χ0) is 22.7. The van der Waals surface area contributed by atoms with Crippen molar-refractivity contribution < 1.29 is 19.1 Å². The third-order valence-corrected chi connectivity index (χ3v) is 5.91. The number of benzene rings is 2. The number of anilines is 1. The van der Waals surface area contributed by atoms with Crippen LogP contribution >= 0.6 is 0 Å². The maximum Gasteiger partial charge on any atom is 0.254 e. The van der Waals surface area contributed by atoms with Crippen molar-refractivity contribution in [1.29, 1.82) is 0 Å². The summed E-state index contributed by atoms with van der Waals surface area (Å²) in [4.78, 5) is 26.7. The summed E-state index contributed by atoms with van der Waals surface area (Å²) in [5.74, 6) is 0.549. The molecule has 1 heterocycles. The fourth-order valence-corrected chi connectivity index (χ4v) is 4.54. The third-order valence-electron chi connectivity index (χ3n) is 5.91. The van der Waals surface area contributed by atoms with Gasteiger partial charge < -0.3 is 20.1 Å². The van der Waals surface area contributed by atoms with Crippen LogP contribution in [-0.4, -0.2) is 25.4 Å². The molecule has 2 N–H and O–H groups in total. The lowest BCUT2D eigenvalue weighted by molar-refractivity contribution is -0.116. The molecule has 1 amide bonds. The fourth-order valence-electron chi connectivity index (χ4n) is 4.54. The van der Waals surface area contributed by atoms with Gasteiger partial charge in [0.1, 0.15) is 11.5 Å². The minimum atomic E-state index is -0.503. The molecule has 0 fully saturated rings. The predicted octanol–water partition coefficient (Wildman–Crippen LogP) is 4.70. The zero-order valence-electron chi connectivity index (χ0n) is 18.7. The van der Waals surface area contributed by atoms with Crippen LogP contribution in [0.5, 0.6) is 11.5 Å². The largest absolute Gasteiger partial charge is 0.495 e. The first-order valence-corrected chi connectivity index (χ1v) is 10.9. The molecule has 2 aliphatic rings.